The molecule has 2 aliphatic rings. The van der Waals surface area contributed by atoms with Gasteiger partial charge in [-0.3, -0.25) is 19.4 Å². The molecule has 0 aromatic heterocycles. The second-order valence-corrected chi connectivity index (χ2v) is 9.90. The average molecular weight is 530 g/mol. The number of imide groups is 1. The highest BCUT2D eigenvalue weighted by Crippen LogP contribution is 2.41. The predicted octanol–water partition coefficient (Wildman–Crippen LogP) is 5.69. The molecule has 190 valence electrons. The molecule has 2 aromatic carbocycles. The van der Waals surface area contributed by atoms with Crippen LogP contribution in [-0.2, 0) is 20.9 Å². The molecule has 0 aliphatic carbocycles. The first-order valence-corrected chi connectivity index (χ1v) is 12.9. The van der Waals surface area contributed by atoms with Gasteiger partial charge < -0.3 is 4.74 Å². The average Bonchev–Trinajstić information content (AvgIpc) is 2.86. The highest BCUT2D eigenvalue weighted by atomic mass is 35.5. The zero-order valence-corrected chi connectivity index (χ0v) is 21.8. The molecule has 2 heterocycles. The molecular formula is C27H29Cl2N3O4. The molecule has 1 fully saturated rings. The van der Waals surface area contributed by atoms with Crippen molar-refractivity contribution in [2.75, 3.05) is 13.1 Å². The maximum Gasteiger partial charge on any atom is 0.350 e. The van der Waals surface area contributed by atoms with Crippen LogP contribution in [-0.4, -0.2) is 52.6 Å². The third-order valence-corrected chi connectivity index (χ3v) is 7.55. The first kappa shape index (κ1) is 26.3. The number of piperidine rings is 1. The van der Waals surface area contributed by atoms with Crippen LogP contribution >= 0.6 is 23.2 Å². The lowest BCUT2D eigenvalue weighted by Crippen LogP contribution is -2.50. The first-order valence-electron chi connectivity index (χ1n) is 12.1. The lowest BCUT2D eigenvalue weighted by molar-refractivity contribution is -0.156. The minimum atomic E-state index is -0.987. The Kier molecular flexibility index (Phi) is 8.44. The third kappa shape index (κ3) is 5.64. The Morgan fingerprint density at radius 2 is 1.75 bits per heavy atom. The second-order valence-electron chi connectivity index (χ2n) is 9.12. The molecule has 7 nitrogen and oxygen atoms in total. The molecule has 0 N–H and O–H groups in total. The van der Waals surface area contributed by atoms with E-state index in [-0.39, 0.29) is 28.3 Å². The summed E-state index contributed by atoms with van der Waals surface area (Å²) in [4.78, 5) is 46.5. The van der Waals surface area contributed by atoms with Gasteiger partial charge in [-0.2, -0.15) is 0 Å². The Hall–Kier alpha value is -2.74. The molecule has 2 unspecified atom stereocenters. The van der Waals surface area contributed by atoms with Gasteiger partial charge >= 0.3 is 12.0 Å². The van der Waals surface area contributed by atoms with Crippen LogP contribution in [0.15, 0.2) is 53.5 Å². The molecule has 0 spiro atoms. The van der Waals surface area contributed by atoms with E-state index in [4.69, 9.17) is 27.9 Å². The van der Waals surface area contributed by atoms with E-state index < -0.39 is 29.9 Å². The molecule has 0 bridgehead atoms. The first-order chi connectivity index (χ1) is 17.3. The Balaban J connectivity index is 1.53. The Bertz CT molecular complexity index is 1160. The van der Waals surface area contributed by atoms with Gasteiger partial charge in [0.1, 0.15) is 12.0 Å². The number of urea groups is 1. The fourth-order valence-corrected chi connectivity index (χ4v) is 5.25. The van der Waals surface area contributed by atoms with Crippen LogP contribution in [0.4, 0.5) is 4.79 Å². The number of benzene rings is 2. The third-order valence-electron chi connectivity index (χ3n) is 6.71. The summed E-state index contributed by atoms with van der Waals surface area (Å²) in [5, 5.41) is 0.455. The lowest BCUT2D eigenvalue weighted by atomic mass is 9.86. The van der Waals surface area contributed by atoms with Crippen LogP contribution in [0.1, 0.15) is 50.3 Å². The number of amides is 3. The molecule has 0 saturated carbocycles. The number of halogens is 2. The van der Waals surface area contributed by atoms with Gasteiger partial charge in [0.25, 0.3) is 0 Å². The lowest BCUT2D eigenvalue weighted by Gasteiger charge is -2.38. The highest BCUT2D eigenvalue weighted by molar-refractivity contribution is 6.42. The largest absolute Gasteiger partial charge is 0.462 e. The van der Waals surface area contributed by atoms with E-state index in [1.165, 1.54) is 5.56 Å². The van der Waals surface area contributed by atoms with Crippen LogP contribution in [0, 0.1) is 5.92 Å². The number of likely N-dealkylation sites (tertiary alicyclic amines) is 1. The maximum atomic E-state index is 13.6. The topological polar surface area (TPSA) is 79.3 Å². The molecule has 4 rings (SSSR count). The standard InChI is InChI=1S/C27H29Cl2N3O4/c1-3-22(33)32-25(20-10-7-11-21(28)24(20)29)23(17(2)30-27(32)35)26(34)36-19-12-14-31(15-13-19)16-18-8-5-4-6-9-18/h4-11,19,23,25H,3,12-16H2,1-2H3. The highest BCUT2D eigenvalue weighted by Gasteiger charge is 2.46. The Morgan fingerprint density at radius 1 is 1.06 bits per heavy atom. The summed E-state index contributed by atoms with van der Waals surface area (Å²) in [5.74, 6) is -1.96. The number of nitrogens with zero attached hydrogens (tertiary/aromatic N) is 3. The summed E-state index contributed by atoms with van der Waals surface area (Å²) < 4.78 is 5.95. The second kappa shape index (κ2) is 11.5. The molecule has 2 aromatic rings. The van der Waals surface area contributed by atoms with Gasteiger partial charge in [-0.25, -0.2) is 9.79 Å². The van der Waals surface area contributed by atoms with Crippen LogP contribution in [0.2, 0.25) is 10.0 Å². The summed E-state index contributed by atoms with van der Waals surface area (Å²) in [6.07, 6.45) is 1.19. The van der Waals surface area contributed by atoms with Gasteiger partial charge in [0.05, 0.1) is 16.1 Å². The number of esters is 1. The number of rotatable bonds is 6. The van der Waals surface area contributed by atoms with E-state index in [0.717, 1.165) is 24.5 Å². The van der Waals surface area contributed by atoms with Crippen molar-refractivity contribution in [3.8, 4) is 0 Å². The van der Waals surface area contributed by atoms with Crippen LogP contribution < -0.4 is 0 Å². The van der Waals surface area contributed by atoms with E-state index in [1.807, 2.05) is 18.2 Å². The summed E-state index contributed by atoms with van der Waals surface area (Å²) in [6.45, 7) is 5.70. The molecular weight excluding hydrogens is 501 g/mol. The minimum absolute atomic E-state index is 0.0661. The molecule has 1 saturated heterocycles. The molecule has 2 atom stereocenters. The summed E-state index contributed by atoms with van der Waals surface area (Å²) >= 11 is 12.8. The quantitative estimate of drug-likeness (QED) is 0.449. The van der Waals surface area contributed by atoms with Crippen molar-refractivity contribution in [3.63, 3.8) is 0 Å². The fourth-order valence-electron chi connectivity index (χ4n) is 4.83. The van der Waals surface area contributed by atoms with Crippen LogP contribution in [0.25, 0.3) is 0 Å². The van der Waals surface area contributed by atoms with Crippen molar-refractivity contribution in [2.45, 2.75) is 51.8 Å². The monoisotopic (exact) mass is 529 g/mol. The Morgan fingerprint density at radius 3 is 2.42 bits per heavy atom. The van der Waals surface area contributed by atoms with Crippen molar-refractivity contribution >= 4 is 46.8 Å². The number of hydrogen-bond donors (Lipinski definition) is 0. The van der Waals surface area contributed by atoms with Gasteiger partial charge in [-0.05, 0) is 37.0 Å². The number of ether oxygens (including phenoxy) is 1. The molecule has 9 heteroatoms. The van der Waals surface area contributed by atoms with Gasteiger partial charge in [-0.1, -0.05) is 72.6 Å². The van der Waals surface area contributed by atoms with E-state index in [0.29, 0.717) is 18.4 Å². The fraction of sp³-hybridized carbons (Fsp3) is 0.407. The van der Waals surface area contributed by atoms with Gasteiger partial charge in [-0.15, -0.1) is 0 Å². The minimum Gasteiger partial charge on any atom is -0.462 e. The van der Waals surface area contributed by atoms with Crippen molar-refractivity contribution in [2.24, 2.45) is 10.9 Å². The van der Waals surface area contributed by atoms with Crippen molar-refractivity contribution in [1.82, 2.24) is 9.80 Å². The molecule has 0 radical (unpaired) electrons. The zero-order valence-electron chi connectivity index (χ0n) is 20.3. The predicted molar refractivity (Wildman–Crippen MR) is 139 cm³/mol. The number of hydrogen-bond acceptors (Lipinski definition) is 5. The van der Waals surface area contributed by atoms with E-state index in [1.54, 1.807) is 32.0 Å². The molecule has 36 heavy (non-hydrogen) atoms. The van der Waals surface area contributed by atoms with Gasteiger partial charge in [0.15, 0.2) is 0 Å². The van der Waals surface area contributed by atoms with Crippen LogP contribution in [0.3, 0.4) is 0 Å². The molecule has 2 aliphatic heterocycles. The van der Waals surface area contributed by atoms with Crippen molar-refractivity contribution < 1.29 is 19.1 Å². The summed E-state index contributed by atoms with van der Waals surface area (Å²) in [7, 11) is 0. The van der Waals surface area contributed by atoms with E-state index in [2.05, 4.69) is 22.0 Å². The van der Waals surface area contributed by atoms with E-state index >= 15 is 0 Å². The number of carbonyl (C=O) groups is 3. The van der Waals surface area contributed by atoms with E-state index in [9.17, 15) is 14.4 Å². The van der Waals surface area contributed by atoms with Crippen molar-refractivity contribution in [1.29, 1.82) is 0 Å². The zero-order chi connectivity index (χ0) is 25.8. The van der Waals surface area contributed by atoms with Crippen LogP contribution in [0.5, 0.6) is 0 Å². The summed E-state index contributed by atoms with van der Waals surface area (Å²) in [6, 6.07) is 13.5. The number of carbonyl (C=O) groups excluding carboxylic acids is 3. The van der Waals surface area contributed by atoms with Crippen molar-refractivity contribution in [3.05, 3.63) is 69.7 Å². The maximum absolute atomic E-state index is 13.6. The molecule has 3 amide bonds. The Labute approximate surface area is 221 Å². The normalized spacial score (nSPS) is 21.3. The SMILES string of the molecule is CCC(=O)N1C(=O)N=C(C)C(C(=O)OC2CCN(Cc3ccccc3)CC2)C1c1cccc(Cl)c1Cl. The van der Waals surface area contributed by atoms with Gasteiger partial charge in [0.2, 0.25) is 5.91 Å². The summed E-state index contributed by atoms with van der Waals surface area (Å²) in [5.41, 5.74) is 1.94. The van der Waals surface area contributed by atoms with Gasteiger partial charge in [0, 0.05) is 31.8 Å². The number of aliphatic imine (C=N–C) groups is 1. The smallest absolute Gasteiger partial charge is 0.350 e.